The molecule has 5 nitrogen and oxygen atoms in total. The van der Waals surface area contributed by atoms with Crippen LogP contribution in [-0.2, 0) is 0 Å². The van der Waals surface area contributed by atoms with Crippen LogP contribution in [0.25, 0.3) is 10.9 Å². The molecule has 0 saturated heterocycles. The average molecular weight is 267 g/mol. The molecule has 1 heterocycles. The molecular formula is C12H15ClN4O. The van der Waals surface area contributed by atoms with Crippen LogP contribution in [0.2, 0.25) is 5.02 Å². The van der Waals surface area contributed by atoms with E-state index in [2.05, 4.69) is 4.98 Å². The van der Waals surface area contributed by atoms with Gasteiger partial charge >= 0.3 is 0 Å². The van der Waals surface area contributed by atoms with E-state index < -0.39 is 0 Å². The van der Waals surface area contributed by atoms with Gasteiger partial charge in [-0.3, -0.25) is 4.79 Å². The van der Waals surface area contributed by atoms with Crippen LogP contribution in [0, 0.1) is 0 Å². The lowest BCUT2D eigenvalue weighted by atomic mass is 10.2. The maximum atomic E-state index is 12.5. The van der Waals surface area contributed by atoms with Crippen LogP contribution in [0.15, 0.2) is 23.0 Å². The minimum Gasteiger partial charge on any atom is -0.322 e. The largest absolute Gasteiger partial charge is 0.322 e. The van der Waals surface area contributed by atoms with E-state index in [0.29, 0.717) is 21.7 Å². The van der Waals surface area contributed by atoms with Gasteiger partial charge in [-0.15, -0.1) is 0 Å². The number of fused-ring (bicyclic) bond motifs is 1. The fraction of sp³-hybridized carbons (Fsp3) is 0.333. The molecule has 1 atom stereocenters. The molecule has 18 heavy (non-hydrogen) atoms. The predicted octanol–water partition coefficient (Wildman–Crippen LogP) is 1.27. The molecule has 0 saturated carbocycles. The summed E-state index contributed by atoms with van der Waals surface area (Å²) < 4.78 is 1.44. The Morgan fingerprint density at radius 3 is 2.67 bits per heavy atom. The first kappa shape index (κ1) is 12.9. The molecule has 0 fully saturated rings. The van der Waals surface area contributed by atoms with E-state index in [0.717, 1.165) is 0 Å². The van der Waals surface area contributed by atoms with Crippen molar-refractivity contribution in [1.82, 2.24) is 9.66 Å². The van der Waals surface area contributed by atoms with E-state index in [-0.39, 0.29) is 11.6 Å². The second-order valence-electron chi connectivity index (χ2n) is 4.36. The molecule has 0 aliphatic rings. The smallest absolute Gasteiger partial charge is 0.281 e. The first-order valence-electron chi connectivity index (χ1n) is 5.58. The average Bonchev–Trinajstić information content (AvgIpc) is 2.27. The highest BCUT2D eigenvalue weighted by molar-refractivity contribution is 6.35. The van der Waals surface area contributed by atoms with Crippen molar-refractivity contribution >= 4 is 22.5 Å². The lowest BCUT2D eigenvalue weighted by Crippen LogP contribution is -2.40. The summed E-state index contributed by atoms with van der Waals surface area (Å²) in [7, 11) is 3.52. The minimum atomic E-state index is -0.344. The molecule has 0 aliphatic carbocycles. The Morgan fingerprint density at radius 1 is 1.44 bits per heavy atom. The lowest BCUT2D eigenvalue weighted by molar-refractivity contribution is 0.593. The van der Waals surface area contributed by atoms with Crippen LogP contribution in [0.4, 0.5) is 0 Å². The summed E-state index contributed by atoms with van der Waals surface area (Å²) >= 11 is 6.07. The summed E-state index contributed by atoms with van der Waals surface area (Å²) in [4.78, 5) is 16.9. The van der Waals surface area contributed by atoms with Crippen LogP contribution in [-0.4, -0.2) is 23.8 Å². The molecule has 2 rings (SSSR count). The van der Waals surface area contributed by atoms with E-state index in [1.54, 1.807) is 44.2 Å². The summed E-state index contributed by atoms with van der Waals surface area (Å²) in [6.45, 7) is 1.79. The van der Waals surface area contributed by atoms with Crippen molar-refractivity contribution in [3.63, 3.8) is 0 Å². The highest BCUT2D eigenvalue weighted by atomic mass is 35.5. The van der Waals surface area contributed by atoms with Gasteiger partial charge in [0.25, 0.3) is 5.56 Å². The molecule has 2 aromatic rings. The third-order valence-corrected chi connectivity index (χ3v) is 2.97. The van der Waals surface area contributed by atoms with Crippen LogP contribution in [0.1, 0.15) is 18.8 Å². The summed E-state index contributed by atoms with van der Waals surface area (Å²) in [6.07, 6.45) is 0. The molecule has 0 aliphatic heterocycles. The minimum absolute atomic E-state index is 0.206. The van der Waals surface area contributed by atoms with E-state index in [4.69, 9.17) is 17.3 Å². The van der Waals surface area contributed by atoms with E-state index in [1.807, 2.05) is 0 Å². The maximum absolute atomic E-state index is 12.5. The van der Waals surface area contributed by atoms with Gasteiger partial charge in [0.1, 0.15) is 5.82 Å². The number of halogens is 1. The van der Waals surface area contributed by atoms with Gasteiger partial charge in [-0.05, 0) is 19.1 Å². The molecule has 0 spiro atoms. The third-order valence-electron chi connectivity index (χ3n) is 2.66. The Bertz CT molecular complexity index is 648. The van der Waals surface area contributed by atoms with Crippen molar-refractivity contribution in [3.8, 4) is 0 Å². The second kappa shape index (κ2) is 4.59. The number of benzene rings is 1. The second-order valence-corrected chi connectivity index (χ2v) is 4.76. The van der Waals surface area contributed by atoms with Crippen molar-refractivity contribution in [3.05, 3.63) is 39.4 Å². The summed E-state index contributed by atoms with van der Waals surface area (Å²) in [5.41, 5.74) is 6.23. The standard InChI is InChI=1S/C12H15ClN4O/c1-7(14)11-15-9-6-4-5-8(13)10(9)12(18)17(11)16(2)3/h4-7H,14H2,1-3H3. The zero-order valence-electron chi connectivity index (χ0n) is 10.5. The third kappa shape index (κ3) is 1.95. The van der Waals surface area contributed by atoms with Crippen LogP contribution < -0.4 is 16.3 Å². The van der Waals surface area contributed by atoms with Gasteiger partial charge < -0.3 is 10.7 Å². The zero-order chi connectivity index (χ0) is 13.4. The molecule has 0 bridgehead atoms. The summed E-state index contributed by atoms with van der Waals surface area (Å²) in [5.74, 6) is 0.514. The van der Waals surface area contributed by atoms with Crippen molar-refractivity contribution in [1.29, 1.82) is 0 Å². The molecular weight excluding hydrogens is 252 g/mol. The predicted molar refractivity (Wildman–Crippen MR) is 73.7 cm³/mol. The lowest BCUT2D eigenvalue weighted by Gasteiger charge is -2.22. The number of aromatic nitrogens is 2. The fourth-order valence-electron chi connectivity index (χ4n) is 1.88. The first-order valence-corrected chi connectivity index (χ1v) is 5.95. The van der Waals surface area contributed by atoms with Crippen LogP contribution in [0.5, 0.6) is 0 Å². The van der Waals surface area contributed by atoms with Crippen molar-refractivity contribution in [2.24, 2.45) is 5.73 Å². The van der Waals surface area contributed by atoms with Crippen molar-refractivity contribution in [2.75, 3.05) is 19.1 Å². The van der Waals surface area contributed by atoms with E-state index in [1.165, 1.54) is 4.68 Å². The van der Waals surface area contributed by atoms with Gasteiger partial charge in [-0.1, -0.05) is 17.7 Å². The van der Waals surface area contributed by atoms with Gasteiger partial charge in [-0.2, -0.15) is 0 Å². The molecule has 0 radical (unpaired) electrons. The van der Waals surface area contributed by atoms with Gasteiger partial charge in [-0.25, -0.2) is 9.66 Å². The van der Waals surface area contributed by atoms with Crippen molar-refractivity contribution < 1.29 is 0 Å². The quantitative estimate of drug-likeness (QED) is 0.889. The highest BCUT2D eigenvalue weighted by Gasteiger charge is 2.16. The number of hydrogen-bond acceptors (Lipinski definition) is 4. The maximum Gasteiger partial charge on any atom is 0.281 e. The van der Waals surface area contributed by atoms with E-state index in [9.17, 15) is 4.79 Å². The zero-order valence-corrected chi connectivity index (χ0v) is 11.3. The monoisotopic (exact) mass is 266 g/mol. The van der Waals surface area contributed by atoms with Gasteiger partial charge in [0.15, 0.2) is 0 Å². The van der Waals surface area contributed by atoms with Crippen LogP contribution in [0.3, 0.4) is 0 Å². The summed E-state index contributed by atoms with van der Waals surface area (Å²) in [5, 5.41) is 2.46. The Morgan fingerprint density at radius 2 is 2.11 bits per heavy atom. The highest BCUT2D eigenvalue weighted by Crippen LogP contribution is 2.19. The topological polar surface area (TPSA) is 64.1 Å². The van der Waals surface area contributed by atoms with Gasteiger partial charge in [0.2, 0.25) is 0 Å². The Kier molecular flexibility index (Phi) is 3.28. The van der Waals surface area contributed by atoms with Gasteiger partial charge in [0, 0.05) is 14.1 Å². The molecule has 1 aromatic heterocycles. The SMILES string of the molecule is CC(N)c1nc2cccc(Cl)c2c(=O)n1N(C)C. The van der Waals surface area contributed by atoms with Gasteiger partial charge in [0.05, 0.1) is 22.0 Å². The van der Waals surface area contributed by atoms with Crippen LogP contribution >= 0.6 is 11.6 Å². The molecule has 6 heteroatoms. The normalized spacial score (nSPS) is 12.7. The van der Waals surface area contributed by atoms with Crippen molar-refractivity contribution in [2.45, 2.75) is 13.0 Å². The fourth-order valence-corrected chi connectivity index (χ4v) is 2.13. The number of nitrogens with zero attached hydrogens (tertiary/aromatic N) is 3. The number of rotatable bonds is 2. The number of nitrogens with two attached hydrogens (primary N) is 1. The molecule has 1 aromatic carbocycles. The molecule has 0 amide bonds. The van der Waals surface area contributed by atoms with E-state index >= 15 is 0 Å². The molecule has 1 unspecified atom stereocenters. The first-order chi connectivity index (χ1) is 8.43. The molecule has 96 valence electrons. The Balaban J connectivity index is 2.96. The molecule has 2 N–H and O–H groups in total. The summed E-state index contributed by atoms with van der Waals surface area (Å²) in [6, 6.07) is 4.86. The Labute approximate surface area is 110 Å². The number of hydrogen-bond donors (Lipinski definition) is 1. The Hall–Kier alpha value is -1.59.